The largest absolute Gasteiger partial charge is 0.492 e. The van der Waals surface area contributed by atoms with Gasteiger partial charge in [-0.1, -0.05) is 32.6 Å². The van der Waals surface area contributed by atoms with E-state index in [-0.39, 0.29) is 17.3 Å². The van der Waals surface area contributed by atoms with Crippen LogP contribution in [0.25, 0.3) is 17.3 Å². The van der Waals surface area contributed by atoms with Crippen molar-refractivity contribution in [3.05, 3.63) is 78.0 Å². The summed E-state index contributed by atoms with van der Waals surface area (Å²) in [7, 11) is 0. The molecule has 0 amide bonds. The predicted octanol–water partition coefficient (Wildman–Crippen LogP) is 7.98. The zero-order valence-corrected chi connectivity index (χ0v) is 27.2. The molecule has 0 spiro atoms. The van der Waals surface area contributed by atoms with Gasteiger partial charge in [0.1, 0.15) is 11.6 Å². The van der Waals surface area contributed by atoms with E-state index in [0.29, 0.717) is 35.7 Å². The summed E-state index contributed by atoms with van der Waals surface area (Å²) < 4.78 is 31.3. The second kappa shape index (κ2) is 13.9. The van der Waals surface area contributed by atoms with Gasteiger partial charge in [0, 0.05) is 36.8 Å². The topological polar surface area (TPSA) is 73.8 Å². The third-order valence-corrected chi connectivity index (χ3v) is 7.63. The molecule has 1 aliphatic rings. The van der Waals surface area contributed by atoms with Gasteiger partial charge in [0.25, 0.3) is 0 Å². The van der Waals surface area contributed by atoms with Crippen molar-refractivity contribution in [3.8, 4) is 17.0 Å². The van der Waals surface area contributed by atoms with Gasteiger partial charge in [-0.2, -0.15) is 0 Å². The summed E-state index contributed by atoms with van der Waals surface area (Å²) in [6.45, 7) is 20.1. The minimum absolute atomic E-state index is 0.216. The first kappa shape index (κ1) is 33.1. The van der Waals surface area contributed by atoms with Crippen LogP contribution in [0.2, 0.25) is 0 Å². The van der Waals surface area contributed by atoms with Gasteiger partial charge in [0.15, 0.2) is 6.10 Å². The Morgan fingerprint density at radius 3 is 2.32 bits per heavy atom. The minimum Gasteiger partial charge on any atom is -0.492 e. The molecule has 3 aromatic rings. The number of carbonyl (C=O) groups excluding carboxylic acids is 1. The van der Waals surface area contributed by atoms with Gasteiger partial charge in [-0.15, -0.1) is 0 Å². The van der Waals surface area contributed by atoms with Crippen molar-refractivity contribution in [2.45, 2.75) is 85.5 Å². The molecule has 3 heterocycles. The molecule has 0 N–H and O–H groups in total. The van der Waals surface area contributed by atoms with E-state index in [4.69, 9.17) is 24.2 Å². The van der Waals surface area contributed by atoms with Crippen LogP contribution in [-0.4, -0.2) is 47.3 Å². The first-order valence-corrected chi connectivity index (χ1v) is 15.4. The molecule has 0 saturated carbocycles. The molecule has 0 unspecified atom stereocenters. The third-order valence-electron chi connectivity index (χ3n) is 7.63. The Hall–Kier alpha value is -3.78. The highest BCUT2D eigenvalue weighted by molar-refractivity contribution is 5.87. The zero-order chi connectivity index (χ0) is 32.1. The molecule has 44 heavy (non-hydrogen) atoms. The number of esters is 1. The lowest BCUT2D eigenvalue weighted by Crippen LogP contribution is -2.39. The molecule has 0 bridgehead atoms. The number of pyridine rings is 2. The van der Waals surface area contributed by atoms with Gasteiger partial charge in [0.05, 0.1) is 41.6 Å². The fraction of sp³-hybridized carbons (Fsp3) is 0.472. The van der Waals surface area contributed by atoms with E-state index in [1.165, 1.54) is 12.1 Å². The monoisotopic (exact) mass is 603 g/mol. The number of hydrogen-bond donors (Lipinski definition) is 0. The van der Waals surface area contributed by atoms with Gasteiger partial charge >= 0.3 is 5.97 Å². The molecule has 1 aromatic carbocycles. The molecule has 0 aliphatic carbocycles. The normalized spacial score (nSPS) is 15.6. The van der Waals surface area contributed by atoms with E-state index >= 15 is 0 Å². The lowest BCUT2D eigenvalue weighted by molar-refractivity contribution is -0.171. The van der Waals surface area contributed by atoms with E-state index in [2.05, 4.69) is 25.3 Å². The molecule has 1 atom stereocenters. The lowest BCUT2D eigenvalue weighted by atomic mass is 9.82. The second-order valence-electron chi connectivity index (χ2n) is 13.4. The Morgan fingerprint density at radius 1 is 1.07 bits per heavy atom. The fourth-order valence-corrected chi connectivity index (χ4v) is 5.25. The van der Waals surface area contributed by atoms with Gasteiger partial charge in [-0.25, -0.2) is 9.18 Å². The van der Waals surface area contributed by atoms with E-state index < -0.39 is 17.7 Å². The summed E-state index contributed by atoms with van der Waals surface area (Å²) >= 11 is 0. The number of nitrogens with zero attached hydrogens (tertiary/aromatic N) is 3. The number of anilines is 1. The van der Waals surface area contributed by atoms with Crippen LogP contribution in [0.15, 0.2) is 55.4 Å². The van der Waals surface area contributed by atoms with Crippen LogP contribution in [0.3, 0.4) is 0 Å². The molecular weight excluding hydrogens is 557 g/mol. The zero-order valence-electron chi connectivity index (χ0n) is 27.2. The van der Waals surface area contributed by atoms with Crippen molar-refractivity contribution in [2.75, 3.05) is 24.6 Å². The number of rotatable bonds is 11. The van der Waals surface area contributed by atoms with Crippen molar-refractivity contribution < 1.29 is 23.4 Å². The fourth-order valence-electron chi connectivity index (χ4n) is 5.25. The van der Waals surface area contributed by atoms with Crippen LogP contribution in [0.5, 0.6) is 5.75 Å². The van der Waals surface area contributed by atoms with E-state index in [9.17, 15) is 9.18 Å². The van der Waals surface area contributed by atoms with Crippen LogP contribution < -0.4 is 9.64 Å². The molecule has 236 valence electrons. The summed E-state index contributed by atoms with van der Waals surface area (Å²) in [5, 5.41) is 0. The summed E-state index contributed by atoms with van der Waals surface area (Å²) in [5.74, 6) is -0.0927. The average Bonchev–Trinajstić information content (AvgIpc) is 2.96. The predicted molar refractivity (Wildman–Crippen MR) is 173 cm³/mol. The Kier molecular flexibility index (Phi) is 10.5. The molecule has 2 aromatic heterocycles. The van der Waals surface area contributed by atoms with Crippen LogP contribution in [0.4, 0.5) is 10.1 Å². The molecule has 7 nitrogen and oxygen atoms in total. The highest BCUT2D eigenvalue weighted by atomic mass is 19.1. The number of ether oxygens (including phenoxy) is 3. The number of hydrogen-bond acceptors (Lipinski definition) is 7. The van der Waals surface area contributed by atoms with Gasteiger partial charge in [0.2, 0.25) is 0 Å². The standard InChI is InChI=1S/C36H46FN3O4/c1-9-29-31(33(44-35(4,5)6)34(41)43-24(2)3)32(40-19-17-36(7,8)18-20-40)28(23-39-29)30-15-14-27(22-38-30)42-21-16-25-10-12-26(37)13-11-25/h9-15,22-24,33H,1,16-21H2,2-8H3/t33-/m0/s1. The first-order valence-electron chi connectivity index (χ1n) is 15.4. The number of benzene rings is 1. The maximum absolute atomic E-state index is 13.7. The molecule has 1 fully saturated rings. The van der Waals surface area contributed by atoms with Crippen LogP contribution >= 0.6 is 0 Å². The quantitative estimate of drug-likeness (QED) is 0.206. The van der Waals surface area contributed by atoms with Gasteiger partial charge in [-0.3, -0.25) is 9.97 Å². The Labute approximate surface area is 261 Å². The lowest BCUT2D eigenvalue weighted by Gasteiger charge is -2.41. The minimum atomic E-state index is -1.02. The molecule has 1 aliphatic heterocycles. The second-order valence-corrected chi connectivity index (χ2v) is 13.4. The molecule has 8 heteroatoms. The smallest absolute Gasteiger partial charge is 0.340 e. The number of aromatic nitrogens is 2. The summed E-state index contributed by atoms with van der Waals surface area (Å²) in [6, 6.07) is 10.2. The van der Waals surface area contributed by atoms with Crippen molar-refractivity contribution in [3.63, 3.8) is 0 Å². The van der Waals surface area contributed by atoms with E-state index in [0.717, 1.165) is 42.7 Å². The maximum atomic E-state index is 13.7. The van der Waals surface area contributed by atoms with E-state index in [1.807, 2.05) is 46.8 Å². The summed E-state index contributed by atoms with van der Waals surface area (Å²) in [4.78, 5) is 25.5. The molecule has 1 saturated heterocycles. The highest BCUT2D eigenvalue weighted by Gasteiger charge is 2.37. The number of carbonyl (C=O) groups is 1. The van der Waals surface area contributed by atoms with Crippen LogP contribution in [-0.2, 0) is 20.7 Å². The highest BCUT2D eigenvalue weighted by Crippen LogP contribution is 2.44. The third kappa shape index (κ3) is 8.65. The Balaban J connectivity index is 1.74. The van der Waals surface area contributed by atoms with E-state index in [1.54, 1.807) is 30.6 Å². The van der Waals surface area contributed by atoms with Crippen LogP contribution in [0, 0.1) is 11.2 Å². The molecular formula is C36H46FN3O4. The van der Waals surface area contributed by atoms with Gasteiger partial charge in [-0.05, 0) is 88.8 Å². The van der Waals surface area contributed by atoms with Crippen LogP contribution in [0.1, 0.15) is 84.2 Å². The number of halogens is 1. The summed E-state index contributed by atoms with van der Waals surface area (Å²) in [6.07, 6.45) is 6.47. The number of piperidine rings is 1. The van der Waals surface area contributed by atoms with Crippen molar-refractivity contribution in [1.29, 1.82) is 0 Å². The molecule has 0 radical (unpaired) electrons. The summed E-state index contributed by atoms with van der Waals surface area (Å²) in [5.41, 5.74) is 4.14. The Bertz CT molecular complexity index is 1420. The molecule has 4 rings (SSSR count). The van der Waals surface area contributed by atoms with Gasteiger partial charge < -0.3 is 19.1 Å². The first-order chi connectivity index (χ1) is 20.8. The SMILES string of the molecule is C=Cc1ncc(-c2ccc(OCCc3ccc(F)cc3)cn2)c(N2CCC(C)(C)CC2)c1[C@H](OC(C)(C)C)C(=O)OC(C)C. The maximum Gasteiger partial charge on any atom is 0.340 e. The average molecular weight is 604 g/mol. The van der Waals surface area contributed by atoms with Crippen molar-refractivity contribution >= 4 is 17.7 Å². The Morgan fingerprint density at radius 2 is 1.75 bits per heavy atom. The van der Waals surface area contributed by atoms with Crippen molar-refractivity contribution in [1.82, 2.24) is 9.97 Å². The van der Waals surface area contributed by atoms with Crippen molar-refractivity contribution in [2.24, 2.45) is 5.41 Å².